The van der Waals surface area contributed by atoms with Crippen LogP contribution in [0.2, 0.25) is 0 Å². The van der Waals surface area contributed by atoms with Crippen LogP contribution in [0.1, 0.15) is 20.7 Å². The zero-order valence-corrected chi connectivity index (χ0v) is 14.4. The van der Waals surface area contributed by atoms with Crippen molar-refractivity contribution in [3.8, 4) is 22.6 Å². The molecule has 0 spiro atoms. The highest BCUT2D eigenvalue weighted by Crippen LogP contribution is 2.46. The molecule has 0 aliphatic carbocycles. The van der Waals surface area contributed by atoms with E-state index < -0.39 is 11.9 Å². The summed E-state index contributed by atoms with van der Waals surface area (Å²) in [6.45, 7) is 0. The van der Waals surface area contributed by atoms with Crippen molar-refractivity contribution in [1.29, 1.82) is 0 Å². The molecule has 4 aromatic rings. The fourth-order valence-corrected chi connectivity index (χ4v) is 3.60. The molecule has 0 unspecified atom stereocenters. The van der Waals surface area contributed by atoms with Crippen LogP contribution >= 0.6 is 0 Å². The van der Waals surface area contributed by atoms with Crippen molar-refractivity contribution in [2.45, 2.75) is 0 Å². The van der Waals surface area contributed by atoms with Crippen molar-refractivity contribution in [3.63, 3.8) is 0 Å². The van der Waals surface area contributed by atoms with Gasteiger partial charge < -0.3 is 20.4 Å². The first kappa shape index (κ1) is 17.4. The second kappa shape index (κ2) is 6.28. The Bertz CT molecular complexity index is 1190. The number of hydrogen-bond donors (Lipinski definition) is 4. The molecule has 6 heteroatoms. The molecule has 4 N–H and O–H groups in total. The van der Waals surface area contributed by atoms with E-state index in [9.17, 15) is 30.0 Å². The average Bonchev–Trinajstić information content (AvgIpc) is 2.67. The SMILES string of the molecule is O=C(O)c1cc(O)c(-c2c(O)cc(C(=O)O)c3ccccc23)c2ccccc12. The zero-order chi connectivity index (χ0) is 20.0. The van der Waals surface area contributed by atoms with E-state index >= 15 is 0 Å². The summed E-state index contributed by atoms with van der Waals surface area (Å²) in [6.07, 6.45) is 0. The van der Waals surface area contributed by atoms with Gasteiger partial charge in [-0.1, -0.05) is 48.5 Å². The molecular formula is C22H14O6. The van der Waals surface area contributed by atoms with Gasteiger partial charge in [0.1, 0.15) is 11.5 Å². The topological polar surface area (TPSA) is 115 Å². The van der Waals surface area contributed by atoms with Gasteiger partial charge >= 0.3 is 11.9 Å². The van der Waals surface area contributed by atoms with Gasteiger partial charge in [-0.15, -0.1) is 0 Å². The summed E-state index contributed by atoms with van der Waals surface area (Å²) in [7, 11) is 0. The Morgan fingerprint density at radius 2 is 0.893 bits per heavy atom. The minimum absolute atomic E-state index is 0.0669. The van der Waals surface area contributed by atoms with Crippen molar-refractivity contribution < 1.29 is 30.0 Å². The first-order valence-corrected chi connectivity index (χ1v) is 8.36. The quantitative estimate of drug-likeness (QED) is 0.421. The van der Waals surface area contributed by atoms with Gasteiger partial charge in [-0.3, -0.25) is 0 Å². The molecule has 0 bridgehead atoms. The highest BCUT2D eigenvalue weighted by molar-refractivity contribution is 6.17. The van der Waals surface area contributed by atoms with E-state index in [2.05, 4.69) is 0 Å². The summed E-state index contributed by atoms with van der Waals surface area (Å²) in [4.78, 5) is 23.2. The van der Waals surface area contributed by atoms with E-state index in [4.69, 9.17) is 0 Å². The van der Waals surface area contributed by atoms with Gasteiger partial charge in [-0.05, 0) is 33.7 Å². The lowest BCUT2D eigenvalue weighted by molar-refractivity contribution is 0.0688. The van der Waals surface area contributed by atoms with Gasteiger partial charge in [0.25, 0.3) is 0 Å². The number of phenols is 2. The van der Waals surface area contributed by atoms with Gasteiger partial charge in [-0.2, -0.15) is 0 Å². The van der Waals surface area contributed by atoms with Crippen LogP contribution < -0.4 is 0 Å². The molecule has 0 heterocycles. The highest BCUT2D eigenvalue weighted by atomic mass is 16.4. The molecule has 0 fully saturated rings. The number of aromatic hydroxyl groups is 2. The number of benzene rings is 4. The third-order valence-electron chi connectivity index (χ3n) is 4.76. The maximum absolute atomic E-state index is 11.6. The van der Waals surface area contributed by atoms with Gasteiger partial charge in [0.2, 0.25) is 0 Å². The molecule has 0 saturated heterocycles. The number of fused-ring (bicyclic) bond motifs is 2. The predicted molar refractivity (Wildman–Crippen MR) is 104 cm³/mol. The average molecular weight is 374 g/mol. The largest absolute Gasteiger partial charge is 0.507 e. The van der Waals surface area contributed by atoms with Crippen LogP contribution in [0.4, 0.5) is 0 Å². The first-order valence-electron chi connectivity index (χ1n) is 8.36. The third-order valence-corrected chi connectivity index (χ3v) is 4.76. The molecule has 0 aliphatic rings. The number of carboxylic acid groups (broad SMARTS) is 2. The van der Waals surface area contributed by atoms with E-state index in [1.54, 1.807) is 48.5 Å². The molecule has 0 saturated carbocycles. The van der Waals surface area contributed by atoms with E-state index in [0.717, 1.165) is 12.1 Å². The van der Waals surface area contributed by atoms with E-state index in [1.165, 1.54) is 0 Å². The first-order chi connectivity index (χ1) is 13.4. The number of aromatic carboxylic acids is 2. The van der Waals surface area contributed by atoms with Gasteiger partial charge in [-0.25, -0.2) is 9.59 Å². The Labute approximate surface area is 158 Å². The number of carboxylic acids is 2. The molecule has 138 valence electrons. The lowest BCUT2D eigenvalue weighted by Crippen LogP contribution is -2.01. The molecule has 0 radical (unpaired) electrons. The minimum atomic E-state index is -1.19. The van der Waals surface area contributed by atoms with Crippen LogP contribution in [-0.2, 0) is 0 Å². The van der Waals surface area contributed by atoms with Gasteiger partial charge in [0, 0.05) is 11.1 Å². The second-order valence-electron chi connectivity index (χ2n) is 6.34. The third kappa shape index (κ3) is 2.51. The molecule has 0 aromatic heterocycles. The van der Waals surface area contributed by atoms with E-state index in [-0.39, 0.29) is 33.8 Å². The van der Waals surface area contributed by atoms with Crippen LogP contribution in [0, 0.1) is 0 Å². The van der Waals surface area contributed by atoms with Crippen LogP contribution in [0.15, 0.2) is 60.7 Å². The number of rotatable bonds is 3. The zero-order valence-electron chi connectivity index (χ0n) is 14.4. The Morgan fingerprint density at radius 1 is 0.571 bits per heavy atom. The summed E-state index contributed by atoms with van der Waals surface area (Å²) in [5.41, 5.74) is 0.350. The minimum Gasteiger partial charge on any atom is -0.507 e. The van der Waals surface area contributed by atoms with Gasteiger partial charge in [0.05, 0.1) is 11.1 Å². The Morgan fingerprint density at radius 3 is 1.21 bits per heavy atom. The molecule has 4 rings (SSSR count). The van der Waals surface area contributed by atoms with E-state index in [0.29, 0.717) is 21.5 Å². The monoisotopic (exact) mass is 374 g/mol. The lowest BCUT2D eigenvalue weighted by atomic mass is 9.89. The molecule has 0 amide bonds. The van der Waals surface area contributed by atoms with Crippen LogP contribution in [-0.4, -0.2) is 32.4 Å². The van der Waals surface area contributed by atoms with Gasteiger partial charge in [0.15, 0.2) is 0 Å². The standard InChI is InChI=1S/C22H14O6/c23-17-9-15(21(25)26)11-5-1-3-7-13(11)19(17)20-14-8-4-2-6-12(14)16(22(27)28)10-18(20)24/h1-10,23-24H,(H,25,26)(H,27,28). The Kier molecular flexibility index (Phi) is 3.89. The number of phenolic OH excluding ortho intramolecular Hbond substituents is 2. The fraction of sp³-hybridized carbons (Fsp3) is 0. The van der Waals surface area contributed by atoms with Crippen molar-refractivity contribution in [3.05, 3.63) is 71.8 Å². The maximum atomic E-state index is 11.6. The smallest absolute Gasteiger partial charge is 0.336 e. The van der Waals surface area contributed by atoms with E-state index in [1.807, 2.05) is 0 Å². The lowest BCUT2D eigenvalue weighted by Gasteiger charge is -2.16. The van der Waals surface area contributed by atoms with Crippen molar-refractivity contribution in [2.24, 2.45) is 0 Å². The normalized spacial score (nSPS) is 11.0. The second-order valence-corrected chi connectivity index (χ2v) is 6.34. The molecular weight excluding hydrogens is 360 g/mol. The summed E-state index contributed by atoms with van der Waals surface area (Å²) < 4.78 is 0. The summed E-state index contributed by atoms with van der Waals surface area (Å²) >= 11 is 0. The molecule has 28 heavy (non-hydrogen) atoms. The fourth-order valence-electron chi connectivity index (χ4n) is 3.60. The summed E-state index contributed by atoms with van der Waals surface area (Å²) in [6, 6.07) is 15.6. The van der Waals surface area contributed by atoms with Crippen LogP contribution in [0.3, 0.4) is 0 Å². The van der Waals surface area contributed by atoms with Crippen molar-refractivity contribution >= 4 is 33.5 Å². The van der Waals surface area contributed by atoms with Crippen molar-refractivity contribution in [1.82, 2.24) is 0 Å². The van der Waals surface area contributed by atoms with Crippen LogP contribution in [0.5, 0.6) is 11.5 Å². The maximum Gasteiger partial charge on any atom is 0.336 e. The number of hydrogen-bond acceptors (Lipinski definition) is 4. The van der Waals surface area contributed by atoms with Crippen LogP contribution in [0.25, 0.3) is 32.7 Å². The Hall–Kier alpha value is -4.06. The summed E-state index contributed by atoms with van der Waals surface area (Å²) in [5.74, 6) is -3.01. The van der Waals surface area contributed by atoms with Crippen molar-refractivity contribution in [2.75, 3.05) is 0 Å². The molecule has 4 aromatic carbocycles. The molecule has 0 atom stereocenters. The highest BCUT2D eigenvalue weighted by Gasteiger charge is 2.23. The summed E-state index contributed by atoms with van der Waals surface area (Å²) in [5, 5.41) is 41.9. The molecule has 0 aliphatic heterocycles. The molecule has 6 nitrogen and oxygen atoms in total. The number of carbonyl (C=O) groups is 2. The Balaban J connectivity index is 2.21. The predicted octanol–water partition coefficient (Wildman–Crippen LogP) is 4.47.